The number of aliphatic carboxylic acids is 6. The number of ether oxygens (including phenoxy) is 12. The Hall–Kier alpha value is 3.96. The van der Waals surface area contributed by atoms with Crippen LogP contribution in [0.15, 0.2) is 0 Å². The van der Waals surface area contributed by atoms with Crippen LogP contribution < -0.4 is 208 Å². The van der Waals surface area contributed by atoms with Crippen molar-refractivity contribution in [2.24, 2.45) is 0 Å². The first-order valence-corrected chi connectivity index (χ1v) is 37.2. The van der Waals surface area contributed by atoms with Gasteiger partial charge in [-0.15, -0.1) is 0 Å². The normalized spacial score (nSPS) is 39.1. The standard InChI is InChI=1S/C54H84O36S6.6Na/c55-25(56)1-7-91-13-19-43-31(67)37(73)49(79-19)86-44-20(14-92-8-2-26(57)58)81-51(39(75)33(44)69)88-46-22(16-94-10-4-28(61)62)83-53(41(77)35(46)71)90-48-24(18-96-12-6-30(65)66)84-54(42(78)36(48)72)89-47-23(17-95-11-5-29(63)64)82-52(40(76)34(47)70)87-45-21(15-93-9-3-27(59)60)80-50(85-43)38(74)32(45)68;;;;;;/h19-24,31-54,67-78H,1-18H2,(H,55,56)(H,57,58)(H,59,60)(H,61,62)(H,63,64)(H,65,66);;;;;;/q;6*+1/p-6/t19?,20?,21?,22?,23?,24?,31?,32?,33?,34?,35?,36?,37?,38?,39?,40?,41?,42?,43-,44-,45-,46-,47-,48-,49-,50-,51-,52-,53-,54-;;;;;;/m1....../s1. The first-order chi connectivity index (χ1) is 45.6. The van der Waals surface area contributed by atoms with Crippen molar-refractivity contribution < 1.29 is 355 Å². The van der Waals surface area contributed by atoms with Crippen molar-refractivity contribution in [2.45, 2.75) is 223 Å². The van der Waals surface area contributed by atoms with Crippen LogP contribution in [0, 0.1) is 0 Å². The minimum absolute atomic E-state index is 0. The molecule has 36 nitrogen and oxygen atoms in total. The molecule has 22 saturated heterocycles. The molecule has 30 atom stereocenters. The van der Waals surface area contributed by atoms with Gasteiger partial charge >= 0.3 is 177 Å². The van der Waals surface area contributed by atoms with Crippen LogP contribution in [0.25, 0.3) is 0 Å². The van der Waals surface area contributed by atoms with E-state index in [0.717, 1.165) is 70.6 Å². The van der Waals surface area contributed by atoms with Gasteiger partial charge in [0.2, 0.25) is 0 Å². The molecular weight excluding hydrogens is 1550 g/mol. The van der Waals surface area contributed by atoms with Crippen molar-refractivity contribution in [3.8, 4) is 0 Å². The summed E-state index contributed by atoms with van der Waals surface area (Å²) in [5.74, 6) is -11.7. The third-order valence-electron chi connectivity index (χ3n) is 16.0. The molecule has 22 fully saturated rings. The predicted octanol–water partition coefficient (Wildman–Crippen LogP) is -31.7. The number of aliphatic hydroxyl groups excluding tert-OH is 12. The van der Waals surface area contributed by atoms with Crippen LogP contribution in [-0.2, 0) is 85.6 Å². The smallest absolute Gasteiger partial charge is 0.550 e. The Kier molecular flexibility index (Phi) is 52.8. The summed E-state index contributed by atoms with van der Waals surface area (Å²) in [6.45, 7) is 0. The molecule has 0 aromatic rings. The molecule has 0 aromatic carbocycles. The minimum atomic E-state index is -2.24. The summed E-state index contributed by atoms with van der Waals surface area (Å²) in [6, 6.07) is 0. The molecular formula is C54H78Na6O36S6. The van der Waals surface area contributed by atoms with E-state index in [2.05, 4.69) is 0 Å². The van der Waals surface area contributed by atoms with Crippen LogP contribution in [0.3, 0.4) is 0 Å². The molecule has 0 aromatic heterocycles. The Morgan fingerprint density at radius 1 is 0.216 bits per heavy atom. The number of carboxylic acids is 6. The Balaban J connectivity index is 0.00000867. The van der Waals surface area contributed by atoms with E-state index in [4.69, 9.17) is 56.8 Å². The SMILES string of the molecule is O=C([O-])CCSCC1O[C@@H]2O[C@@H]3C(CSCCC(=O)[O-])O[C@H](O[C@@H]4C(CSCCC(=O)[O-])O[C@H](O[C@@H]5C(CSCCC(=O)[O-])O[C@H](O[C@@H]6C(CSCCC(=O)[O-])O[C@H](O[C@@H]7C(CSCCC(=O)[O-])O[C@H](O[C@H]1C(O)C2O)C(O)C7O)C(O)C6O)C(O)C5O)C(O)C4O)C(O)C3O.[Na+].[Na+].[Na+].[Na+].[Na+].[Na+]. The molecule has 22 heterocycles. The van der Waals surface area contributed by atoms with E-state index in [0.29, 0.717) is 0 Å². The van der Waals surface area contributed by atoms with Gasteiger partial charge in [-0.25, -0.2) is 0 Å². The van der Waals surface area contributed by atoms with Gasteiger partial charge in [-0.3, -0.25) is 0 Å². The Morgan fingerprint density at radius 3 is 0.441 bits per heavy atom. The predicted molar refractivity (Wildman–Crippen MR) is 315 cm³/mol. The third-order valence-corrected chi connectivity index (χ3v) is 22.3. The zero-order valence-electron chi connectivity index (χ0n) is 56.7. The van der Waals surface area contributed by atoms with Gasteiger partial charge in [0.05, 0.1) is 36.6 Å². The molecule has 48 heteroatoms. The second kappa shape index (κ2) is 51.8. The first kappa shape index (κ1) is 104. The summed E-state index contributed by atoms with van der Waals surface area (Å²) >= 11 is 5.31. The number of carboxylic acid groups (broad SMARTS) is 6. The molecule has 12 bridgehead atoms. The molecule has 0 aliphatic carbocycles. The average molecular weight is 1630 g/mol. The van der Waals surface area contributed by atoms with E-state index in [1.807, 2.05) is 0 Å². The van der Waals surface area contributed by atoms with Gasteiger partial charge in [-0.2, -0.15) is 70.6 Å². The molecule has 0 saturated carbocycles. The van der Waals surface area contributed by atoms with Gasteiger partial charge in [0.1, 0.15) is 110 Å². The van der Waals surface area contributed by atoms with Gasteiger partial charge in [0.25, 0.3) is 0 Å². The van der Waals surface area contributed by atoms with Gasteiger partial charge in [-0.05, 0) is 73.0 Å². The second-order valence-electron chi connectivity index (χ2n) is 22.9. The summed E-state index contributed by atoms with van der Waals surface area (Å²) in [7, 11) is 0. The van der Waals surface area contributed by atoms with Crippen molar-refractivity contribution in [3.05, 3.63) is 0 Å². The summed E-state index contributed by atoms with van der Waals surface area (Å²) in [5.41, 5.74) is 0. The third kappa shape index (κ3) is 30.5. The van der Waals surface area contributed by atoms with Crippen molar-refractivity contribution >= 4 is 106 Å². The molecule has 18 unspecified atom stereocenters. The zero-order chi connectivity index (χ0) is 70.2. The fourth-order valence-corrected chi connectivity index (χ4v) is 16.9. The maximum atomic E-state index is 12.0. The van der Waals surface area contributed by atoms with Crippen molar-refractivity contribution in [1.29, 1.82) is 0 Å². The number of carbonyl (C=O) groups is 6. The van der Waals surface area contributed by atoms with Crippen LogP contribution in [0.1, 0.15) is 38.5 Å². The van der Waals surface area contributed by atoms with Crippen LogP contribution >= 0.6 is 70.6 Å². The van der Waals surface area contributed by atoms with E-state index < -0.39 is 259 Å². The molecule has 22 rings (SSSR count). The number of hydrogen-bond donors (Lipinski definition) is 12. The molecule has 0 spiro atoms. The molecule has 552 valence electrons. The maximum absolute atomic E-state index is 12.0. The first-order valence-electron chi connectivity index (χ1n) is 30.2. The number of carbonyl (C=O) groups excluding carboxylic acids is 6. The van der Waals surface area contributed by atoms with E-state index >= 15 is 0 Å². The van der Waals surface area contributed by atoms with Gasteiger partial charge < -0.3 is 178 Å². The molecule has 0 amide bonds. The quantitative estimate of drug-likeness (QED) is 0.0235. The Morgan fingerprint density at radius 2 is 0.333 bits per heavy atom. The van der Waals surface area contributed by atoms with Gasteiger partial charge in [0, 0.05) is 70.3 Å². The Bertz CT molecular complexity index is 2090. The number of thioether (sulfide) groups is 6. The van der Waals surface area contributed by atoms with E-state index in [9.17, 15) is 121 Å². The summed E-state index contributed by atoms with van der Waals surface area (Å²) in [5, 5.41) is 212. The van der Waals surface area contributed by atoms with Gasteiger partial charge in [-0.1, -0.05) is 0 Å². The summed E-state index contributed by atoms with van der Waals surface area (Å²) < 4.78 is 74.0. The van der Waals surface area contributed by atoms with Crippen LogP contribution in [0.5, 0.6) is 0 Å². The molecule has 22 aliphatic rings. The largest absolute Gasteiger partial charge is 1.00 e. The monoisotopic (exact) mass is 1630 g/mol. The zero-order valence-corrected chi connectivity index (χ0v) is 73.6. The van der Waals surface area contributed by atoms with E-state index in [-0.39, 0.29) is 246 Å². The van der Waals surface area contributed by atoms with Gasteiger partial charge in [0.15, 0.2) is 37.7 Å². The molecule has 102 heavy (non-hydrogen) atoms. The van der Waals surface area contributed by atoms with Crippen LogP contribution in [0.4, 0.5) is 0 Å². The molecule has 12 N–H and O–H groups in total. The van der Waals surface area contributed by atoms with Crippen LogP contribution in [-0.4, -0.2) is 350 Å². The molecule has 22 aliphatic heterocycles. The topological polar surface area (TPSA) is 594 Å². The fourth-order valence-electron chi connectivity index (χ4n) is 11.0. The molecule has 0 radical (unpaired) electrons. The van der Waals surface area contributed by atoms with Crippen molar-refractivity contribution in [2.75, 3.05) is 69.0 Å². The second-order valence-corrected chi connectivity index (χ2v) is 29.8. The number of rotatable bonds is 30. The van der Waals surface area contributed by atoms with Crippen molar-refractivity contribution in [3.63, 3.8) is 0 Å². The van der Waals surface area contributed by atoms with Crippen LogP contribution in [0.2, 0.25) is 0 Å². The maximum Gasteiger partial charge on any atom is 1.00 e. The minimum Gasteiger partial charge on any atom is -0.550 e. The fraction of sp³-hybridized carbons (Fsp3) is 0.889. The number of aliphatic hydroxyl groups is 12. The summed E-state index contributed by atoms with van der Waals surface area (Å²) in [4.78, 5) is 68.8. The van der Waals surface area contributed by atoms with E-state index in [1.165, 1.54) is 0 Å². The summed E-state index contributed by atoms with van der Waals surface area (Å²) in [6.07, 6.45) is -62.4. The van der Waals surface area contributed by atoms with Crippen molar-refractivity contribution in [1.82, 2.24) is 0 Å². The van der Waals surface area contributed by atoms with E-state index in [1.54, 1.807) is 0 Å². The average Bonchev–Trinajstić information content (AvgIpc) is 0.785. The number of hydrogen-bond acceptors (Lipinski definition) is 42. The Labute approximate surface area is 743 Å².